The first-order valence-corrected chi connectivity index (χ1v) is 4.23. The maximum absolute atomic E-state index is 10.8. The number of rotatable bonds is 4. The smallest absolute Gasteiger partial charge is 0.309 e. The third kappa shape index (κ3) is 3.22. The van der Waals surface area contributed by atoms with Crippen molar-refractivity contribution in [3.05, 3.63) is 0 Å². The maximum Gasteiger partial charge on any atom is 0.309 e. The Kier molecular flexibility index (Phi) is 3.27. The number of carboxylic acids is 1. The number of hydrogen-bond donors (Lipinski definition) is 2. The molecule has 0 spiro atoms. The van der Waals surface area contributed by atoms with Crippen LogP contribution in [0, 0.1) is 5.41 Å². The molecule has 0 aliphatic heterocycles. The second kappa shape index (κ2) is 3.44. The van der Waals surface area contributed by atoms with Gasteiger partial charge in [-0.2, -0.15) is 0 Å². The van der Waals surface area contributed by atoms with Gasteiger partial charge in [0, 0.05) is 5.54 Å². The van der Waals surface area contributed by atoms with E-state index in [1.807, 2.05) is 13.8 Å². The molecule has 0 aromatic heterocycles. The Balaban J connectivity index is 4.34. The first kappa shape index (κ1) is 11.4. The summed E-state index contributed by atoms with van der Waals surface area (Å²) < 4.78 is 0. The van der Waals surface area contributed by atoms with Crippen LogP contribution in [0.25, 0.3) is 0 Å². The summed E-state index contributed by atoms with van der Waals surface area (Å²) in [6.07, 6.45) is 1.30. The molecule has 0 aromatic rings. The van der Waals surface area contributed by atoms with Gasteiger partial charge in [0.1, 0.15) is 0 Å². The van der Waals surface area contributed by atoms with Gasteiger partial charge in [-0.05, 0) is 33.6 Å². The minimum atomic E-state index is -0.785. The third-order valence-electron chi connectivity index (χ3n) is 2.23. The molecule has 0 amide bonds. The molecule has 1 unspecified atom stereocenters. The fourth-order valence-corrected chi connectivity index (χ4v) is 1.21. The molecule has 1 atom stereocenters. The first-order chi connectivity index (χ1) is 5.21. The summed E-state index contributed by atoms with van der Waals surface area (Å²) in [5.74, 6) is -0.785. The van der Waals surface area contributed by atoms with E-state index in [-0.39, 0.29) is 5.54 Å². The Bertz CT molecular complexity index is 173. The van der Waals surface area contributed by atoms with Gasteiger partial charge in [-0.3, -0.25) is 4.79 Å². The molecular formula is C9H19NO2. The summed E-state index contributed by atoms with van der Waals surface area (Å²) in [4.78, 5) is 10.8. The standard InChI is InChI=1S/C9H19NO2/c1-5-9(4,10)6-8(2,3)7(11)12/h5-6,10H2,1-4H3,(H,11,12). The first-order valence-electron chi connectivity index (χ1n) is 4.23. The highest BCUT2D eigenvalue weighted by Crippen LogP contribution is 2.28. The van der Waals surface area contributed by atoms with Gasteiger partial charge in [0.05, 0.1) is 5.41 Å². The van der Waals surface area contributed by atoms with E-state index < -0.39 is 11.4 Å². The summed E-state index contributed by atoms with van der Waals surface area (Å²) in [5, 5.41) is 8.84. The van der Waals surface area contributed by atoms with E-state index in [9.17, 15) is 4.79 Å². The van der Waals surface area contributed by atoms with Gasteiger partial charge >= 0.3 is 5.97 Å². The van der Waals surface area contributed by atoms with Gasteiger partial charge in [-0.1, -0.05) is 6.92 Å². The van der Waals surface area contributed by atoms with Gasteiger partial charge in [0.25, 0.3) is 0 Å². The third-order valence-corrected chi connectivity index (χ3v) is 2.23. The fraction of sp³-hybridized carbons (Fsp3) is 0.889. The predicted octanol–water partition coefficient (Wildman–Crippen LogP) is 1.61. The second-order valence-corrected chi connectivity index (χ2v) is 4.37. The van der Waals surface area contributed by atoms with Crippen LogP contribution in [0.4, 0.5) is 0 Å². The highest BCUT2D eigenvalue weighted by Gasteiger charge is 2.33. The lowest BCUT2D eigenvalue weighted by molar-refractivity contribution is -0.148. The summed E-state index contributed by atoms with van der Waals surface area (Å²) >= 11 is 0. The number of aliphatic carboxylic acids is 1. The molecule has 3 heteroatoms. The Labute approximate surface area is 74.0 Å². The van der Waals surface area contributed by atoms with Crippen molar-refractivity contribution in [1.29, 1.82) is 0 Å². The predicted molar refractivity (Wildman–Crippen MR) is 48.9 cm³/mol. The van der Waals surface area contributed by atoms with E-state index >= 15 is 0 Å². The van der Waals surface area contributed by atoms with Crippen molar-refractivity contribution >= 4 is 5.97 Å². The molecule has 3 N–H and O–H groups in total. The lowest BCUT2D eigenvalue weighted by Crippen LogP contribution is -2.42. The maximum atomic E-state index is 10.8. The zero-order chi connectivity index (χ0) is 9.99. The molecule has 12 heavy (non-hydrogen) atoms. The Hall–Kier alpha value is -0.570. The molecule has 0 rings (SSSR count). The highest BCUT2D eigenvalue weighted by molar-refractivity contribution is 5.73. The lowest BCUT2D eigenvalue weighted by atomic mass is 9.78. The molecule has 0 aliphatic rings. The van der Waals surface area contributed by atoms with E-state index in [0.717, 1.165) is 6.42 Å². The minimum Gasteiger partial charge on any atom is -0.481 e. The minimum absolute atomic E-state index is 0.373. The molecule has 0 heterocycles. The average Bonchev–Trinajstić information content (AvgIpc) is 1.85. The van der Waals surface area contributed by atoms with E-state index in [1.54, 1.807) is 13.8 Å². The molecule has 0 aromatic carbocycles. The van der Waals surface area contributed by atoms with Crippen LogP contribution in [0.3, 0.4) is 0 Å². The van der Waals surface area contributed by atoms with Crippen LogP contribution < -0.4 is 5.73 Å². The van der Waals surface area contributed by atoms with Crippen molar-refractivity contribution in [2.45, 2.75) is 46.1 Å². The van der Waals surface area contributed by atoms with Crippen LogP contribution in [0.15, 0.2) is 0 Å². The fourth-order valence-electron chi connectivity index (χ4n) is 1.21. The number of carboxylic acid groups (broad SMARTS) is 1. The summed E-state index contributed by atoms with van der Waals surface area (Å²) in [6.45, 7) is 7.27. The molecule has 0 bridgehead atoms. The number of nitrogens with two attached hydrogens (primary N) is 1. The van der Waals surface area contributed by atoms with Crippen molar-refractivity contribution in [1.82, 2.24) is 0 Å². The number of hydrogen-bond acceptors (Lipinski definition) is 2. The van der Waals surface area contributed by atoms with Crippen molar-refractivity contribution in [2.75, 3.05) is 0 Å². The summed E-state index contributed by atoms with van der Waals surface area (Å²) in [6, 6.07) is 0. The van der Waals surface area contributed by atoms with Crippen LogP contribution in [0.5, 0.6) is 0 Å². The van der Waals surface area contributed by atoms with Crippen molar-refractivity contribution in [3.8, 4) is 0 Å². The van der Waals surface area contributed by atoms with Crippen LogP contribution in [-0.2, 0) is 4.79 Å². The van der Waals surface area contributed by atoms with Gasteiger partial charge < -0.3 is 10.8 Å². The van der Waals surface area contributed by atoms with Crippen molar-refractivity contribution in [3.63, 3.8) is 0 Å². The Morgan fingerprint density at radius 3 is 2.08 bits per heavy atom. The SMILES string of the molecule is CCC(C)(N)CC(C)(C)C(=O)O. The van der Waals surface area contributed by atoms with E-state index in [0.29, 0.717) is 6.42 Å². The van der Waals surface area contributed by atoms with Crippen LogP contribution in [0.1, 0.15) is 40.5 Å². The van der Waals surface area contributed by atoms with Crippen LogP contribution in [0.2, 0.25) is 0 Å². The normalized spacial score (nSPS) is 17.1. The molecule has 0 saturated heterocycles. The lowest BCUT2D eigenvalue weighted by Gasteiger charge is -2.30. The second-order valence-electron chi connectivity index (χ2n) is 4.37. The van der Waals surface area contributed by atoms with Gasteiger partial charge in [-0.25, -0.2) is 0 Å². The van der Waals surface area contributed by atoms with Crippen LogP contribution >= 0.6 is 0 Å². The van der Waals surface area contributed by atoms with Gasteiger partial charge in [-0.15, -0.1) is 0 Å². The zero-order valence-corrected chi connectivity index (χ0v) is 8.35. The topological polar surface area (TPSA) is 63.3 Å². The zero-order valence-electron chi connectivity index (χ0n) is 8.35. The molecule has 72 valence electrons. The van der Waals surface area contributed by atoms with Gasteiger partial charge in [0.15, 0.2) is 0 Å². The molecule has 0 radical (unpaired) electrons. The Morgan fingerprint density at radius 1 is 1.42 bits per heavy atom. The monoisotopic (exact) mass is 173 g/mol. The van der Waals surface area contributed by atoms with Crippen molar-refractivity contribution < 1.29 is 9.90 Å². The van der Waals surface area contributed by atoms with Gasteiger partial charge in [0.2, 0.25) is 0 Å². The van der Waals surface area contributed by atoms with Crippen molar-refractivity contribution in [2.24, 2.45) is 11.1 Å². The molecular weight excluding hydrogens is 154 g/mol. The molecule has 0 fully saturated rings. The van der Waals surface area contributed by atoms with Crippen LogP contribution in [-0.4, -0.2) is 16.6 Å². The van der Waals surface area contributed by atoms with E-state index in [1.165, 1.54) is 0 Å². The highest BCUT2D eigenvalue weighted by atomic mass is 16.4. The van der Waals surface area contributed by atoms with E-state index in [2.05, 4.69) is 0 Å². The number of carbonyl (C=O) groups is 1. The van der Waals surface area contributed by atoms with E-state index in [4.69, 9.17) is 10.8 Å². The molecule has 3 nitrogen and oxygen atoms in total. The Morgan fingerprint density at radius 2 is 1.83 bits per heavy atom. The molecule has 0 aliphatic carbocycles. The summed E-state index contributed by atoms with van der Waals surface area (Å²) in [7, 11) is 0. The summed E-state index contributed by atoms with van der Waals surface area (Å²) in [5.41, 5.74) is 4.78. The largest absolute Gasteiger partial charge is 0.481 e. The quantitative estimate of drug-likeness (QED) is 0.679. The molecule has 0 saturated carbocycles. The average molecular weight is 173 g/mol.